The Kier molecular flexibility index (Phi) is 21.3. The average Bonchev–Trinajstić information content (AvgIpc) is 2.29. The highest BCUT2D eigenvalue weighted by molar-refractivity contribution is 7.80. The lowest BCUT2D eigenvalue weighted by molar-refractivity contribution is 0.162. The molecule has 0 saturated carbocycles. The minimum atomic E-state index is -4.24. The Morgan fingerprint density at radius 3 is 1.50 bits per heavy atom. The standard InChI is InChI=1S/C4H10O4S.C4H10O.C2H6O2/c1-3-4(2)8-9(5,6)7;1-3-5-4-2;3-1-2-4/h4H,3H2,1-2H3,(H,5,6,7);3-4H2,1-2H3;3-4H,1-2H2. The zero-order valence-corrected chi connectivity index (χ0v) is 12.3. The molecule has 0 aromatic carbocycles. The van der Waals surface area contributed by atoms with Gasteiger partial charge in [-0.3, -0.25) is 4.55 Å². The summed E-state index contributed by atoms with van der Waals surface area (Å²) in [6, 6.07) is 0. The quantitative estimate of drug-likeness (QED) is 0.614. The molecule has 0 radical (unpaired) electrons. The van der Waals surface area contributed by atoms with Crippen LogP contribution in [0.1, 0.15) is 34.1 Å². The lowest BCUT2D eigenvalue weighted by Crippen LogP contribution is -2.12. The van der Waals surface area contributed by atoms with Crippen molar-refractivity contribution in [2.75, 3.05) is 26.4 Å². The Labute approximate surface area is 110 Å². The van der Waals surface area contributed by atoms with Gasteiger partial charge in [-0.05, 0) is 27.2 Å². The van der Waals surface area contributed by atoms with Crippen molar-refractivity contribution in [3.63, 3.8) is 0 Å². The first-order chi connectivity index (χ1) is 8.28. The highest BCUT2D eigenvalue weighted by Gasteiger charge is 2.08. The Bertz CT molecular complexity index is 224. The van der Waals surface area contributed by atoms with Crippen molar-refractivity contribution in [2.45, 2.75) is 40.2 Å². The van der Waals surface area contributed by atoms with E-state index in [0.717, 1.165) is 13.2 Å². The molecule has 0 heterocycles. The van der Waals surface area contributed by atoms with Gasteiger partial charge in [-0.25, -0.2) is 4.18 Å². The van der Waals surface area contributed by atoms with Crippen LogP contribution in [0.15, 0.2) is 0 Å². The monoisotopic (exact) mass is 290 g/mol. The van der Waals surface area contributed by atoms with Gasteiger partial charge in [-0.15, -0.1) is 0 Å². The normalized spacial score (nSPS) is 11.7. The highest BCUT2D eigenvalue weighted by atomic mass is 32.3. The van der Waals surface area contributed by atoms with Crippen molar-refractivity contribution < 1.29 is 32.1 Å². The lowest BCUT2D eigenvalue weighted by Gasteiger charge is -2.04. The van der Waals surface area contributed by atoms with E-state index in [1.54, 1.807) is 13.8 Å². The van der Waals surface area contributed by atoms with Crippen LogP contribution in [0.4, 0.5) is 0 Å². The number of aliphatic hydroxyl groups is 2. The van der Waals surface area contributed by atoms with Gasteiger partial charge in [0.2, 0.25) is 0 Å². The maximum Gasteiger partial charge on any atom is 0.397 e. The van der Waals surface area contributed by atoms with E-state index in [1.807, 2.05) is 13.8 Å². The number of ether oxygens (including phenoxy) is 1. The van der Waals surface area contributed by atoms with Gasteiger partial charge in [0.15, 0.2) is 0 Å². The first-order valence-electron chi connectivity index (χ1n) is 5.74. The summed E-state index contributed by atoms with van der Waals surface area (Å²) in [6.07, 6.45) is 0.111. The molecule has 0 aromatic rings. The number of rotatable bonds is 6. The van der Waals surface area contributed by atoms with Crippen LogP contribution in [0.2, 0.25) is 0 Å². The summed E-state index contributed by atoms with van der Waals surface area (Å²) in [5, 5.41) is 15.2. The van der Waals surface area contributed by atoms with Crippen molar-refractivity contribution in [1.29, 1.82) is 0 Å². The third-order valence-electron chi connectivity index (χ3n) is 1.37. The summed E-state index contributed by atoms with van der Waals surface area (Å²) in [5.41, 5.74) is 0. The maximum atomic E-state index is 9.93. The van der Waals surface area contributed by atoms with Crippen LogP contribution in [0.5, 0.6) is 0 Å². The summed E-state index contributed by atoms with van der Waals surface area (Å²) in [6.45, 7) is 8.74. The summed E-state index contributed by atoms with van der Waals surface area (Å²) in [4.78, 5) is 0. The number of hydrogen-bond acceptors (Lipinski definition) is 6. The Balaban J connectivity index is -0.000000212. The van der Waals surface area contributed by atoms with Gasteiger partial charge in [-0.1, -0.05) is 6.92 Å². The number of hydrogen-bond donors (Lipinski definition) is 3. The predicted octanol–water partition coefficient (Wildman–Crippen LogP) is 0.618. The molecule has 0 spiro atoms. The van der Waals surface area contributed by atoms with Crippen LogP contribution in [-0.2, 0) is 19.3 Å². The van der Waals surface area contributed by atoms with E-state index in [1.165, 1.54) is 0 Å². The van der Waals surface area contributed by atoms with Gasteiger partial charge in [0.05, 0.1) is 19.3 Å². The van der Waals surface area contributed by atoms with Crippen LogP contribution >= 0.6 is 0 Å². The molecule has 8 heteroatoms. The van der Waals surface area contributed by atoms with Gasteiger partial charge < -0.3 is 14.9 Å². The second-order valence-electron chi connectivity index (χ2n) is 2.97. The van der Waals surface area contributed by atoms with E-state index in [-0.39, 0.29) is 13.2 Å². The van der Waals surface area contributed by atoms with E-state index in [0.29, 0.717) is 6.42 Å². The van der Waals surface area contributed by atoms with E-state index in [2.05, 4.69) is 4.18 Å². The summed E-state index contributed by atoms with van der Waals surface area (Å²) >= 11 is 0. The van der Waals surface area contributed by atoms with Gasteiger partial charge in [0.25, 0.3) is 0 Å². The fourth-order valence-electron chi connectivity index (χ4n) is 0.480. The van der Waals surface area contributed by atoms with Gasteiger partial charge in [0, 0.05) is 13.2 Å². The molecule has 1 atom stereocenters. The van der Waals surface area contributed by atoms with Crippen molar-refractivity contribution in [3.8, 4) is 0 Å². The maximum absolute atomic E-state index is 9.93. The second kappa shape index (κ2) is 16.8. The van der Waals surface area contributed by atoms with Gasteiger partial charge in [-0.2, -0.15) is 8.42 Å². The zero-order valence-electron chi connectivity index (χ0n) is 11.5. The fraction of sp³-hybridized carbons (Fsp3) is 1.00. The number of aliphatic hydroxyl groups excluding tert-OH is 2. The molecule has 0 aliphatic rings. The molecule has 0 aromatic heterocycles. The molecule has 1 unspecified atom stereocenters. The summed E-state index contributed by atoms with van der Waals surface area (Å²) < 4.78 is 36.9. The molecule has 114 valence electrons. The molecule has 18 heavy (non-hydrogen) atoms. The van der Waals surface area contributed by atoms with Crippen LogP contribution in [0.3, 0.4) is 0 Å². The molecular weight excluding hydrogens is 264 g/mol. The highest BCUT2D eigenvalue weighted by Crippen LogP contribution is 1.99. The third kappa shape index (κ3) is 36.0. The van der Waals surface area contributed by atoms with Crippen LogP contribution in [0.25, 0.3) is 0 Å². The Morgan fingerprint density at radius 2 is 1.44 bits per heavy atom. The SMILES string of the molecule is CCC(C)OS(=O)(=O)O.CCOCC.OCCO. The molecule has 3 N–H and O–H groups in total. The predicted molar refractivity (Wildman–Crippen MR) is 68.7 cm³/mol. The third-order valence-corrected chi connectivity index (χ3v) is 1.94. The first-order valence-corrected chi connectivity index (χ1v) is 7.10. The lowest BCUT2D eigenvalue weighted by atomic mass is 10.3. The van der Waals surface area contributed by atoms with Crippen molar-refractivity contribution in [3.05, 3.63) is 0 Å². The summed E-state index contributed by atoms with van der Waals surface area (Å²) in [7, 11) is -4.24. The average molecular weight is 290 g/mol. The van der Waals surface area contributed by atoms with Crippen LogP contribution in [0, 0.1) is 0 Å². The molecule has 0 amide bonds. The molecule has 0 aliphatic carbocycles. The minimum Gasteiger partial charge on any atom is -0.394 e. The van der Waals surface area contributed by atoms with E-state index in [4.69, 9.17) is 19.5 Å². The zero-order chi connectivity index (χ0) is 15.0. The van der Waals surface area contributed by atoms with Crippen LogP contribution < -0.4 is 0 Å². The smallest absolute Gasteiger partial charge is 0.394 e. The molecule has 0 aliphatic heterocycles. The molecule has 0 bridgehead atoms. The van der Waals surface area contributed by atoms with E-state index in [9.17, 15) is 8.42 Å². The van der Waals surface area contributed by atoms with E-state index < -0.39 is 16.5 Å². The topological polar surface area (TPSA) is 113 Å². The van der Waals surface area contributed by atoms with Crippen molar-refractivity contribution in [1.82, 2.24) is 0 Å². The first kappa shape index (κ1) is 22.9. The van der Waals surface area contributed by atoms with E-state index >= 15 is 0 Å². The van der Waals surface area contributed by atoms with Gasteiger partial charge in [0.1, 0.15) is 0 Å². The molecule has 0 fully saturated rings. The largest absolute Gasteiger partial charge is 0.397 e. The van der Waals surface area contributed by atoms with Crippen molar-refractivity contribution >= 4 is 10.4 Å². The fourth-order valence-corrected chi connectivity index (χ4v) is 1.03. The minimum absolute atomic E-state index is 0.125. The van der Waals surface area contributed by atoms with Crippen LogP contribution in [-0.4, -0.2) is 55.7 Å². The molecule has 7 nitrogen and oxygen atoms in total. The second-order valence-corrected chi connectivity index (χ2v) is 4.02. The molecular formula is C10H26O7S. The Morgan fingerprint density at radius 1 is 1.06 bits per heavy atom. The molecule has 0 rings (SSSR count). The Hall–Kier alpha value is -0.250. The van der Waals surface area contributed by atoms with Gasteiger partial charge >= 0.3 is 10.4 Å². The summed E-state index contributed by atoms with van der Waals surface area (Å²) in [5.74, 6) is 0. The molecule has 0 saturated heterocycles. The van der Waals surface area contributed by atoms with Crippen molar-refractivity contribution in [2.24, 2.45) is 0 Å².